The second kappa shape index (κ2) is 7.53. The molecule has 1 amide bonds. The first-order chi connectivity index (χ1) is 8.97. The highest BCUT2D eigenvalue weighted by molar-refractivity contribution is 8.13. The molecule has 1 saturated heterocycles. The summed E-state index contributed by atoms with van der Waals surface area (Å²) in [6, 6.07) is -0.697. The second-order valence-corrected chi connectivity index (χ2v) is 5.99. The molecule has 1 N–H and O–H groups in total. The third kappa shape index (κ3) is 4.53. The first-order valence-corrected chi connectivity index (χ1v) is 7.62. The molecule has 0 saturated carbocycles. The van der Waals surface area contributed by atoms with Crippen molar-refractivity contribution in [2.45, 2.75) is 45.6 Å². The average molecular weight is 287 g/mol. The Labute approximate surface area is 117 Å². The van der Waals surface area contributed by atoms with Crippen LogP contribution in [0.4, 0.5) is 0 Å². The zero-order valence-electron chi connectivity index (χ0n) is 11.4. The Balaban J connectivity index is 2.70. The van der Waals surface area contributed by atoms with Gasteiger partial charge in [0.05, 0.1) is 0 Å². The minimum Gasteiger partial charge on any atom is -0.480 e. The van der Waals surface area contributed by atoms with Crippen LogP contribution in [0.2, 0.25) is 0 Å². The van der Waals surface area contributed by atoms with Gasteiger partial charge >= 0.3 is 5.97 Å². The molecular formula is C13H21NO4S. The van der Waals surface area contributed by atoms with Crippen molar-refractivity contribution in [1.29, 1.82) is 0 Å². The molecular weight excluding hydrogens is 266 g/mol. The minimum absolute atomic E-state index is 0.0142. The molecule has 2 atom stereocenters. The highest BCUT2D eigenvalue weighted by atomic mass is 32.2. The Morgan fingerprint density at radius 3 is 2.58 bits per heavy atom. The van der Waals surface area contributed by atoms with Crippen molar-refractivity contribution in [3.63, 3.8) is 0 Å². The molecule has 2 unspecified atom stereocenters. The number of carboxylic acids is 1. The summed E-state index contributed by atoms with van der Waals surface area (Å²) in [5, 5.41) is 9.16. The quantitative estimate of drug-likeness (QED) is 0.834. The Kier molecular flexibility index (Phi) is 6.34. The van der Waals surface area contributed by atoms with Gasteiger partial charge in [-0.25, -0.2) is 4.79 Å². The number of thioether (sulfide) groups is 1. The molecule has 0 bridgehead atoms. The number of hydrogen-bond donors (Lipinski definition) is 1. The summed E-state index contributed by atoms with van der Waals surface area (Å²) in [4.78, 5) is 36.1. The predicted octanol–water partition coefficient (Wildman–Crippen LogP) is 1.76. The standard InChI is InChI=1S/C13H21NO4S/c1-3-10(8-19-9(2)15)12(16)14-7-5-4-6-11(14)13(17)18/h10-11H,3-8H2,1-2H3,(H,17,18). The van der Waals surface area contributed by atoms with Gasteiger partial charge in [-0.1, -0.05) is 18.7 Å². The van der Waals surface area contributed by atoms with E-state index in [1.807, 2.05) is 6.92 Å². The van der Waals surface area contributed by atoms with E-state index in [-0.39, 0.29) is 16.9 Å². The number of carboxylic acid groups (broad SMARTS) is 1. The van der Waals surface area contributed by atoms with Gasteiger partial charge < -0.3 is 10.0 Å². The Bertz CT molecular complexity index is 359. The van der Waals surface area contributed by atoms with Crippen molar-refractivity contribution in [3.05, 3.63) is 0 Å². The van der Waals surface area contributed by atoms with Gasteiger partial charge in [-0.2, -0.15) is 0 Å². The SMILES string of the molecule is CCC(CSC(C)=O)C(=O)N1CCCCC1C(=O)O. The van der Waals surface area contributed by atoms with E-state index in [1.54, 1.807) is 0 Å². The van der Waals surface area contributed by atoms with E-state index in [1.165, 1.54) is 11.8 Å². The molecule has 1 heterocycles. The molecule has 1 aliphatic heterocycles. The maximum absolute atomic E-state index is 12.4. The van der Waals surface area contributed by atoms with Crippen molar-refractivity contribution in [1.82, 2.24) is 4.90 Å². The predicted molar refractivity (Wildman–Crippen MR) is 73.9 cm³/mol. The largest absolute Gasteiger partial charge is 0.480 e. The molecule has 0 aromatic carbocycles. The van der Waals surface area contributed by atoms with Gasteiger partial charge in [-0.3, -0.25) is 9.59 Å². The average Bonchev–Trinajstić information content (AvgIpc) is 2.38. The fourth-order valence-electron chi connectivity index (χ4n) is 2.27. The number of amides is 1. The molecule has 1 fully saturated rings. The van der Waals surface area contributed by atoms with Gasteiger partial charge in [0.25, 0.3) is 0 Å². The molecule has 0 radical (unpaired) electrons. The Morgan fingerprint density at radius 2 is 2.05 bits per heavy atom. The zero-order chi connectivity index (χ0) is 14.4. The third-order valence-electron chi connectivity index (χ3n) is 3.40. The summed E-state index contributed by atoms with van der Waals surface area (Å²) in [7, 11) is 0. The maximum Gasteiger partial charge on any atom is 0.326 e. The minimum atomic E-state index is -0.929. The van der Waals surface area contributed by atoms with Gasteiger partial charge in [0.2, 0.25) is 5.91 Å². The zero-order valence-corrected chi connectivity index (χ0v) is 12.2. The summed E-state index contributed by atoms with van der Waals surface area (Å²) < 4.78 is 0. The molecule has 6 heteroatoms. The number of hydrogen-bond acceptors (Lipinski definition) is 4. The molecule has 0 aromatic rings. The Hall–Kier alpha value is -1.04. The van der Waals surface area contributed by atoms with Gasteiger partial charge in [0, 0.05) is 25.1 Å². The van der Waals surface area contributed by atoms with Gasteiger partial charge in [-0.15, -0.1) is 0 Å². The highest BCUT2D eigenvalue weighted by Crippen LogP contribution is 2.23. The highest BCUT2D eigenvalue weighted by Gasteiger charge is 2.34. The summed E-state index contributed by atoms with van der Waals surface area (Å²) in [5.41, 5.74) is 0. The molecule has 1 rings (SSSR count). The fourth-order valence-corrected chi connectivity index (χ4v) is 3.08. The van der Waals surface area contributed by atoms with Crippen LogP contribution < -0.4 is 0 Å². The van der Waals surface area contributed by atoms with Crippen molar-refractivity contribution in [2.75, 3.05) is 12.3 Å². The fraction of sp³-hybridized carbons (Fsp3) is 0.769. The lowest BCUT2D eigenvalue weighted by atomic mass is 9.98. The summed E-state index contributed by atoms with van der Waals surface area (Å²) in [6.45, 7) is 3.88. The number of rotatable bonds is 5. The number of carbonyl (C=O) groups excluding carboxylic acids is 2. The first-order valence-electron chi connectivity index (χ1n) is 6.64. The van der Waals surface area contributed by atoms with E-state index in [0.717, 1.165) is 24.6 Å². The topological polar surface area (TPSA) is 74.7 Å². The monoisotopic (exact) mass is 287 g/mol. The number of likely N-dealkylation sites (tertiary alicyclic amines) is 1. The summed E-state index contributed by atoms with van der Waals surface area (Å²) >= 11 is 1.13. The van der Waals surface area contributed by atoms with Gasteiger partial charge in [-0.05, 0) is 25.7 Å². The normalized spacial score (nSPS) is 20.9. The number of carbonyl (C=O) groups is 3. The van der Waals surface area contributed by atoms with Crippen LogP contribution in [-0.4, -0.2) is 45.3 Å². The van der Waals surface area contributed by atoms with Crippen LogP contribution in [0.1, 0.15) is 39.5 Å². The van der Waals surface area contributed by atoms with E-state index in [0.29, 0.717) is 25.1 Å². The van der Waals surface area contributed by atoms with E-state index >= 15 is 0 Å². The molecule has 1 aliphatic rings. The lowest BCUT2D eigenvalue weighted by molar-refractivity contribution is -0.153. The van der Waals surface area contributed by atoms with E-state index in [4.69, 9.17) is 0 Å². The van der Waals surface area contributed by atoms with Crippen LogP contribution in [-0.2, 0) is 14.4 Å². The van der Waals surface area contributed by atoms with E-state index in [9.17, 15) is 19.5 Å². The van der Waals surface area contributed by atoms with Crippen LogP contribution in [0.15, 0.2) is 0 Å². The summed E-state index contributed by atoms with van der Waals surface area (Å²) in [5.74, 6) is -0.882. The molecule has 5 nitrogen and oxygen atoms in total. The first kappa shape index (κ1) is 16.0. The maximum atomic E-state index is 12.4. The molecule has 0 aromatic heterocycles. The molecule has 0 aliphatic carbocycles. The number of piperidine rings is 1. The Morgan fingerprint density at radius 1 is 1.37 bits per heavy atom. The second-order valence-electron chi connectivity index (χ2n) is 4.79. The van der Waals surface area contributed by atoms with Crippen LogP contribution >= 0.6 is 11.8 Å². The smallest absolute Gasteiger partial charge is 0.326 e. The summed E-state index contributed by atoms with van der Waals surface area (Å²) in [6.07, 6.45) is 2.85. The van der Waals surface area contributed by atoms with Crippen molar-refractivity contribution in [3.8, 4) is 0 Å². The van der Waals surface area contributed by atoms with E-state index in [2.05, 4.69) is 0 Å². The van der Waals surface area contributed by atoms with Crippen LogP contribution in [0.5, 0.6) is 0 Å². The van der Waals surface area contributed by atoms with Gasteiger partial charge in [0.15, 0.2) is 5.12 Å². The van der Waals surface area contributed by atoms with Crippen LogP contribution in [0.25, 0.3) is 0 Å². The van der Waals surface area contributed by atoms with Crippen molar-refractivity contribution >= 4 is 28.8 Å². The lowest BCUT2D eigenvalue weighted by Gasteiger charge is -2.35. The van der Waals surface area contributed by atoms with Crippen molar-refractivity contribution < 1.29 is 19.5 Å². The number of aliphatic carboxylic acids is 1. The number of nitrogens with zero attached hydrogens (tertiary/aromatic N) is 1. The van der Waals surface area contributed by atoms with E-state index < -0.39 is 12.0 Å². The van der Waals surface area contributed by atoms with Crippen LogP contribution in [0.3, 0.4) is 0 Å². The third-order valence-corrected chi connectivity index (χ3v) is 4.38. The molecule has 108 valence electrons. The molecule has 0 spiro atoms. The lowest BCUT2D eigenvalue weighted by Crippen LogP contribution is -2.50. The van der Waals surface area contributed by atoms with Gasteiger partial charge in [0.1, 0.15) is 6.04 Å². The van der Waals surface area contributed by atoms with Crippen molar-refractivity contribution in [2.24, 2.45) is 5.92 Å². The van der Waals surface area contributed by atoms with Crippen LogP contribution in [0, 0.1) is 5.92 Å². The molecule has 19 heavy (non-hydrogen) atoms.